The van der Waals surface area contributed by atoms with Crippen LogP contribution >= 0.6 is 24.0 Å². The summed E-state index contributed by atoms with van der Waals surface area (Å²) in [5.41, 5.74) is 1.14. The first kappa shape index (κ1) is 25.5. The number of imide groups is 1. The van der Waals surface area contributed by atoms with Crippen molar-refractivity contribution in [3.63, 3.8) is 0 Å². The first-order valence-electron chi connectivity index (χ1n) is 11.2. The molecule has 33 heavy (non-hydrogen) atoms. The Kier molecular flexibility index (Phi) is 8.38. The third kappa shape index (κ3) is 5.03. The van der Waals surface area contributed by atoms with Crippen molar-refractivity contribution in [3.8, 4) is 5.75 Å². The number of methoxy groups -OCH3 is 1. The molecule has 180 valence electrons. The molecule has 1 heterocycles. The smallest absolute Gasteiger partial charge is 0.233 e. The van der Waals surface area contributed by atoms with Crippen LogP contribution in [0, 0.1) is 23.7 Å². The Labute approximate surface area is 212 Å². The van der Waals surface area contributed by atoms with E-state index in [0.717, 1.165) is 17.7 Å². The molecular weight excluding hydrogens is 533 g/mol. The van der Waals surface area contributed by atoms with Crippen molar-refractivity contribution in [2.75, 3.05) is 47.9 Å². The van der Waals surface area contributed by atoms with Gasteiger partial charge in [-0.1, -0.05) is 24.3 Å². The van der Waals surface area contributed by atoms with Crippen molar-refractivity contribution >= 4 is 41.8 Å². The molecule has 2 aliphatic carbocycles. The third-order valence-corrected chi connectivity index (χ3v) is 6.98. The van der Waals surface area contributed by atoms with E-state index in [9.17, 15) is 9.59 Å². The van der Waals surface area contributed by atoms with Gasteiger partial charge in [-0.15, -0.1) is 24.0 Å². The van der Waals surface area contributed by atoms with E-state index in [1.807, 2.05) is 32.3 Å². The maximum atomic E-state index is 12.8. The zero-order valence-electron chi connectivity index (χ0n) is 19.7. The molecule has 3 aliphatic rings. The normalized spacial score (nSPS) is 26.5. The minimum absolute atomic E-state index is 0. The Hall–Kier alpha value is -2.14. The van der Waals surface area contributed by atoms with Crippen molar-refractivity contribution in [1.82, 2.24) is 20.4 Å². The summed E-state index contributed by atoms with van der Waals surface area (Å²) in [6.45, 7) is 1.46. The molecule has 1 saturated heterocycles. The number of hydrogen-bond acceptors (Lipinski definition) is 5. The number of likely N-dealkylation sites (tertiary alicyclic amines) is 1. The van der Waals surface area contributed by atoms with Crippen LogP contribution in [0.25, 0.3) is 0 Å². The van der Waals surface area contributed by atoms with Crippen LogP contribution in [0.15, 0.2) is 41.4 Å². The number of benzene rings is 1. The van der Waals surface area contributed by atoms with Gasteiger partial charge in [0.1, 0.15) is 5.75 Å². The number of nitrogens with zero attached hydrogens (tertiary/aromatic N) is 3. The van der Waals surface area contributed by atoms with Gasteiger partial charge in [0.2, 0.25) is 11.8 Å². The molecule has 9 heteroatoms. The monoisotopic (exact) mass is 567 g/mol. The quantitative estimate of drug-likeness (QED) is 0.164. The lowest BCUT2D eigenvalue weighted by Crippen LogP contribution is -2.45. The van der Waals surface area contributed by atoms with Crippen molar-refractivity contribution in [2.24, 2.45) is 28.7 Å². The number of carbonyl (C=O) groups excluding carboxylic acids is 2. The minimum Gasteiger partial charge on any atom is -0.497 e. The van der Waals surface area contributed by atoms with Crippen LogP contribution in [0.3, 0.4) is 0 Å². The van der Waals surface area contributed by atoms with E-state index in [1.54, 1.807) is 14.2 Å². The van der Waals surface area contributed by atoms with Gasteiger partial charge in [-0.05, 0) is 50.0 Å². The minimum atomic E-state index is -0.140. The Balaban J connectivity index is 0.00000306. The number of hydrogen-bond donors (Lipinski definition) is 2. The fourth-order valence-electron chi connectivity index (χ4n) is 5.33. The molecule has 2 amide bonds. The standard InChI is InChI=1S/C24H33N5O3.HI/c1-25-24(27-14-19(28(2)3)15-6-5-7-18(13-15)32-4)26-10-11-29-22(30)20-16-8-9-17(12-16)21(20)23(29)31;/h5-9,13,16-17,19-21H,10-12,14H2,1-4H3,(H2,25,26,27);1H. The Bertz CT molecular complexity index is 904. The lowest BCUT2D eigenvalue weighted by Gasteiger charge is -2.26. The SMILES string of the molecule is CN=C(NCCN1C(=O)C2C3C=CC(C3)C2C1=O)NCC(c1cccc(OC)c1)N(C)C.I. The molecule has 1 aromatic carbocycles. The molecule has 2 bridgehead atoms. The lowest BCUT2D eigenvalue weighted by atomic mass is 9.85. The highest BCUT2D eigenvalue weighted by Crippen LogP contribution is 2.52. The molecule has 1 aromatic rings. The third-order valence-electron chi connectivity index (χ3n) is 6.98. The van der Waals surface area contributed by atoms with Crippen LogP contribution in [0.1, 0.15) is 18.0 Å². The van der Waals surface area contributed by atoms with E-state index in [4.69, 9.17) is 4.74 Å². The molecule has 1 aliphatic heterocycles. The molecule has 0 spiro atoms. The molecule has 1 saturated carbocycles. The number of allylic oxidation sites excluding steroid dienone is 2. The largest absolute Gasteiger partial charge is 0.497 e. The predicted molar refractivity (Wildman–Crippen MR) is 139 cm³/mol. The molecule has 5 unspecified atom stereocenters. The van der Waals surface area contributed by atoms with Crippen LogP contribution in [-0.4, -0.2) is 75.5 Å². The number of likely N-dealkylation sites (N-methyl/N-ethyl adjacent to an activating group) is 1. The van der Waals surface area contributed by atoms with Gasteiger partial charge in [0, 0.05) is 26.7 Å². The fourth-order valence-corrected chi connectivity index (χ4v) is 5.33. The molecule has 0 aromatic heterocycles. The molecule has 5 atom stereocenters. The number of amides is 2. The molecule has 4 rings (SSSR count). The first-order valence-corrected chi connectivity index (χ1v) is 11.2. The Morgan fingerprint density at radius 1 is 1.18 bits per heavy atom. The van der Waals surface area contributed by atoms with Crippen molar-refractivity contribution in [3.05, 3.63) is 42.0 Å². The number of carbonyl (C=O) groups is 2. The van der Waals surface area contributed by atoms with Crippen LogP contribution in [0.2, 0.25) is 0 Å². The van der Waals surface area contributed by atoms with E-state index in [2.05, 4.69) is 38.7 Å². The van der Waals surface area contributed by atoms with Gasteiger partial charge in [-0.3, -0.25) is 19.5 Å². The summed E-state index contributed by atoms with van der Waals surface area (Å²) in [6, 6.07) is 8.15. The van der Waals surface area contributed by atoms with Crippen LogP contribution < -0.4 is 15.4 Å². The summed E-state index contributed by atoms with van der Waals surface area (Å²) < 4.78 is 5.36. The summed E-state index contributed by atoms with van der Waals surface area (Å²) in [7, 11) is 7.44. The zero-order valence-corrected chi connectivity index (χ0v) is 22.0. The number of aliphatic imine (C=N–C) groups is 1. The molecule has 8 nitrogen and oxygen atoms in total. The van der Waals surface area contributed by atoms with Gasteiger partial charge >= 0.3 is 0 Å². The van der Waals surface area contributed by atoms with E-state index < -0.39 is 0 Å². The van der Waals surface area contributed by atoms with Crippen LogP contribution in [-0.2, 0) is 9.59 Å². The lowest BCUT2D eigenvalue weighted by molar-refractivity contribution is -0.140. The predicted octanol–water partition coefficient (Wildman–Crippen LogP) is 1.89. The highest BCUT2D eigenvalue weighted by atomic mass is 127. The number of guanidine groups is 1. The number of rotatable bonds is 8. The van der Waals surface area contributed by atoms with E-state index >= 15 is 0 Å². The van der Waals surface area contributed by atoms with E-state index in [0.29, 0.717) is 25.6 Å². The van der Waals surface area contributed by atoms with Gasteiger partial charge in [-0.2, -0.15) is 0 Å². The van der Waals surface area contributed by atoms with Gasteiger partial charge < -0.3 is 20.3 Å². The van der Waals surface area contributed by atoms with Crippen molar-refractivity contribution in [2.45, 2.75) is 12.5 Å². The van der Waals surface area contributed by atoms with Gasteiger partial charge in [0.15, 0.2) is 5.96 Å². The second-order valence-corrected chi connectivity index (χ2v) is 8.96. The zero-order chi connectivity index (χ0) is 22.8. The summed E-state index contributed by atoms with van der Waals surface area (Å²) >= 11 is 0. The maximum absolute atomic E-state index is 12.8. The Morgan fingerprint density at radius 2 is 1.85 bits per heavy atom. The second-order valence-electron chi connectivity index (χ2n) is 8.96. The summed E-state index contributed by atoms with van der Waals surface area (Å²) in [4.78, 5) is 33.5. The second kappa shape index (κ2) is 10.9. The average Bonchev–Trinajstić information content (AvgIpc) is 3.47. The van der Waals surface area contributed by atoms with Crippen LogP contribution in [0.4, 0.5) is 0 Å². The van der Waals surface area contributed by atoms with Gasteiger partial charge in [0.05, 0.1) is 25.0 Å². The highest BCUT2D eigenvalue weighted by molar-refractivity contribution is 14.0. The summed E-state index contributed by atoms with van der Waals surface area (Å²) in [5, 5.41) is 6.60. The van der Waals surface area contributed by atoms with Crippen molar-refractivity contribution < 1.29 is 14.3 Å². The maximum Gasteiger partial charge on any atom is 0.233 e. The molecule has 2 N–H and O–H groups in total. The fraction of sp³-hybridized carbons (Fsp3) is 0.542. The number of fused-ring (bicyclic) bond motifs is 5. The number of nitrogens with one attached hydrogen (secondary N) is 2. The molecule has 2 fully saturated rings. The molecule has 0 radical (unpaired) electrons. The van der Waals surface area contributed by atoms with Gasteiger partial charge in [0.25, 0.3) is 0 Å². The van der Waals surface area contributed by atoms with Gasteiger partial charge in [-0.25, -0.2) is 0 Å². The van der Waals surface area contributed by atoms with E-state index in [1.165, 1.54) is 4.90 Å². The van der Waals surface area contributed by atoms with Crippen molar-refractivity contribution in [1.29, 1.82) is 0 Å². The topological polar surface area (TPSA) is 86.3 Å². The highest BCUT2D eigenvalue weighted by Gasteiger charge is 2.58. The first-order chi connectivity index (χ1) is 15.4. The number of halogens is 1. The average molecular weight is 567 g/mol. The summed E-state index contributed by atoms with van der Waals surface area (Å²) in [5.74, 6) is 1.66. The summed E-state index contributed by atoms with van der Waals surface area (Å²) in [6.07, 6.45) is 5.19. The number of ether oxygens (including phenoxy) is 1. The van der Waals surface area contributed by atoms with E-state index in [-0.39, 0.29) is 65.5 Å². The Morgan fingerprint density at radius 3 is 2.42 bits per heavy atom. The van der Waals surface area contributed by atoms with Crippen LogP contribution in [0.5, 0.6) is 5.75 Å². The molecular formula is C24H34IN5O3.